The van der Waals surface area contributed by atoms with Gasteiger partial charge in [0.2, 0.25) is 0 Å². The molecular weight excluding hydrogens is 460 g/mol. The highest BCUT2D eigenvalue weighted by Gasteiger charge is 2.50. The zero-order valence-corrected chi connectivity index (χ0v) is 20.9. The van der Waals surface area contributed by atoms with Gasteiger partial charge in [-0.3, -0.25) is 9.69 Å². The lowest BCUT2D eigenvalue weighted by atomic mass is 10.1. The van der Waals surface area contributed by atoms with Gasteiger partial charge in [0.15, 0.2) is 4.46 Å². The predicted octanol–water partition coefficient (Wildman–Crippen LogP) is 7.64. The number of nitrogens with zero attached hydrogens (tertiary/aromatic N) is 1. The maximum atomic E-state index is 10.2. The van der Waals surface area contributed by atoms with E-state index in [1.54, 1.807) is 0 Å². The van der Waals surface area contributed by atoms with Crippen molar-refractivity contribution in [2.75, 3.05) is 13.1 Å². The summed E-state index contributed by atoms with van der Waals surface area (Å²) < 4.78 is -2.60. The Kier molecular flexibility index (Phi) is 14.5. The molecule has 1 aromatic carbocycles. The van der Waals surface area contributed by atoms with Crippen molar-refractivity contribution in [3.63, 3.8) is 0 Å². The molecule has 0 saturated carbocycles. The predicted molar refractivity (Wildman–Crippen MR) is 126 cm³/mol. The lowest BCUT2D eigenvalue weighted by molar-refractivity contribution is -0.118. The molecule has 1 aromatic rings. The fraction of sp³-hybridized carbons (Fsp3) is 0.667. The van der Waals surface area contributed by atoms with Crippen LogP contribution in [0.1, 0.15) is 58.9 Å². The zero-order valence-electron chi connectivity index (χ0n) is 17.2. The summed E-state index contributed by atoms with van der Waals surface area (Å²) in [6, 6.07) is 9.69. The molecule has 0 saturated heterocycles. The average Bonchev–Trinajstić information content (AvgIpc) is 2.67. The first-order valence-corrected chi connectivity index (χ1v) is 11.7. The number of carbonyl (C=O) groups excluding carboxylic acids is 1. The summed E-state index contributed by atoms with van der Waals surface area (Å²) in [5.74, 6) is 0.343. The van der Waals surface area contributed by atoms with E-state index in [0.717, 1.165) is 31.5 Å². The highest BCUT2D eigenvalue weighted by molar-refractivity contribution is 6.58. The minimum absolute atomic E-state index is 0.343. The van der Waals surface area contributed by atoms with E-state index >= 15 is 0 Å². The van der Waals surface area contributed by atoms with E-state index in [1.807, 2.05) is 49.1 Å². The van der Waals surface area contributed by atoms with Gasteiger partial charge in [-0.2, -0.15) is 0 Å². The number of rotatable bonds is 11. The van der Waals surface area contributed by atoms with Gasteiger partial charge in [0.25, 0.3) is 0 Å². The third kappa shape index (κ3) is 9.87. The molecule has 0 aliphatic carbocycles. The Morgan fingerprint density at radius 2 is 1.39 bits per heavy atom. The highest BCUT2D eigenvalue weighted by Crippen LogP contribution is 2.45. The van der Waals surface area contributed by atoms with Crippen LogP contribution in [0.3, 0.4) is 0 Å². The molecule has 0 heterocycles. The maximum absolute atomic E-state index is 10.2. The highest BCUT2D eigenvalue weighted by atomic mass is 35.5. The lowest BCUT2D eigenvalue weighted by Gasteiger charge is -2.41. The largest absolute Gasteiger partial charge is 0.300 e. The number of alkyl halides is 5. The van der Waals surface area contributed by atoms with Gasteiger partial charge in [0, 0.05) is 32.4 Å². The quantitative estimate of drug-likeness (QED) is 0.234. The molecule has 7 heteroatoms. The number of Topliss-reactive ketones (excluding diaryl/α,β-unsaturated/α-hetero) is 1. The Labute approximate surface area is 195 Å². The SMILES string of the molecule is CCC(=O)CC.CCCN(CCC)C(Cl)(Cl)C(Cl)C(Cl)(Cl)Cc1ccccc1. The molecule has 0 spiro atoms. The molecule has 0 aliphatic heterocycles. The summed E-state index contributed by atoms with van der Waals surface area (Å²) in [6.07, 6.45) is 3.59. The van der Waals surface area contributed by atoms with Crippen LogP contribution in [0.4, 0.5) is 0 Å². The normalized spacial score (nSPS) is 13.1. The minimum Gasteiger partial charge on any atom is -0.300 e. The Hall–Kier alpha value is 0.300. The monoisotopic (exact) mass is 489 g/mol. The van der Waals surface area contributed by atoms with Gasteiger partial charge >= 0.3 is 0 Å². The molecule has 0 amide bonds. The maximum Gasteiger partial charge on any atom is 0.190 e. The molecule has 0 aromatic heterocycles. The second-order valence-electron chi connectivity index (χ2n) is 6.61. The first-order valence-electron chi connectivity index (χ1n) is 9.77. The number of benzene rings is 1. The molecule has 0 radical (unpaired) electrons. The Bertz CT molecular complexity index is 539. The smallest absolute Gasteiger partial charge is 0.190 e. The van der Waals surface area contributed by atoms with E-state index in [-0.39, 0.29) is 0 Å². The van der Waals surface area contributed by atoms with Gasteiger partial charge in [0.1, 0.15) is 15.5 Å². The van der Waals surface area contributed by atoms with Crippen molar-refractivity contribution >= 4 is 63.8 Å². The van der Waals surface area contributed by atoms with Gasteiger partial charge in [-0.1, -0.05) is 104 Å². The zero-order chi connectivity index (χ0) is 21.8. The van der Waals surface area contributed by atoms with Gasteiger partial charge in [-0.15, -0.1) is 11.6 Å². The van der Waals surface area contributed by atoms with E-state index in [1.165, 1.54) is 0 Å². The molecular formula is C21H32Cl5NO. The summed E-state index contributed by atoms with van der Waals surface area (Å²) >= 11 is 32.6. The standard InChI is InChI=1S/C16H22Cl5N.C5H10O/c1-3-10-22(11-4-2)16(20,21)14(17)15(18,19)12-13-8-6-5-7-9-13;1-3-5(6)4-2/h5-9,14H,3-4,10-12H2,1-2H3;3-4H2,1-2H3. The Balaban J connectivity index is 0.00000105. The topological polar surface area (TPSA) is 20.3 Å². The summed E-state index contributed by atoms with van der Waals surface area (Å²) in [5, 5.41) is -0.843. The van der Waals surface area contributed by atoms with Gasteiger partial charge in [-0.25, -0.2) is 0 Å². The van der Waals surface area contributed by atoms with E-state index < -0.39 is 14.2 Å². The van der Waals surface area contributed by atoms with E-state index in [9.17, 15) is 4.79 Å². The van der Waals surface area contributed by atoms with Crippen LogP contribution in [-0.4, -0.2) is 37.9 Å². The fourth-order valence-corrected chi connectivity index (χ4v) is 4.35. The van der Waals surface area contributed by atoms with E-state index in [2.05, 4.69) is 13.8 Å². The minimum atomic E-state index is -1.33. The number of carbonyl (C=O) groups is 1. The summed E-state index contributed by atoms with van der Waals surface area (Å²) in [7, 11) is 0. The van der Waals surface area contributed by atoms with Gasteiger partial charge in [-0.05, 0) is 18.4 Å². The molecule has 1 atom stereocenters. The summed E-state index contributed by atoms with van der Waals surface area (Å²) in [4.78, 5) is 12.1. The Morgan fingerprint density at radius 1 is 0.929 bits per heavy atom. The van der Waals surface area contributed by atoms with E-state index in [4.69, 9.17) is 58.0 Å². The number of ketones is 1. The van der Waals surface area contributed by atoms with Crippen molar-refractivity contribution in [1.29, 1.82) is 0 Å². The van der Waals surface area contributed by atoms with Crippen LogP contribution in [0, 0.1) is 0 Å². The van der Waals surface area contributed by atoms with Crippen LogP contribution in [-0.2, 0) is 11.2 Å². The van der Waals surface area contributed by atoms with Crippen LogP contribution < -0.4 is 0 Å². The molecule has 162 valence electrons. The van der Waals surface area contributed by atoms with E-state index in [0.29, 0.717) is 25.0 Å². The van der Waals surface area contributed by atoms with Gasteiger partial charge in [0.05, 0.1) is 0 Å². The molecule has 1 unspecified atom stereocenters. The van der Waals surface area contributed by atoms with Crippen LogP contribution >= 0.6 is 58.0 Å². The first-order chi connectivity index (χ1) is 13.1. The number of halogens is 5. The molecule has 0 N–H and O–H groups in total. The van der Waals surface area contributed by atoms with Crippen LogP contribution in [0.5, 0.6) is 0 Å². The molecule has 0 fully saturated rings. The van der Waals surface area contributed by atoms with Crippen LogP contribution in [0.2, 0.25) is 0 Å². The average molecular weight is 492 g/mol. The Morgan fingerprint density at radius 3 is 1.75 bits per heavy atom. The van der Waals surface area contributed by atoms with Crippen LogP contribution in [0.25, 0.3) is 0 Å². The van der Waals surface area contributed by atoms with Crippen molar-refractivity contribution in [2.45, 2.75) is 74.0 Å². The molecule has 2 nitrogen and oxygen atoms in total. The number of hydrogen-bond donors (Lipinski definition) is 0. The molecule has 0 aliphatic rings. The number of hydrogen-bond acceptors (Lipinski definition) is 2. The van der Waals surface area contributed by atoms with Gasteiger partial charge < -0.3 is 0 Å². The van der Waals surface area contributed by atoms with Crippen molar-refractivity contribution in [1.82, 2.24) is 4.90 Å². The van der Waals surface area contributed by atoms with Crippen molar-refractivity contribution in [2.24, 2.45) is 0 Å². The first kappa shape index (κ1) is 28.3. The van der Waals surface area contributed by atoms with Crippen molar-refractivity contribution < 1.29 is 4.79 Å². The summed E-state index contributed by atoms with van der Waals surface area (Å²) in [5.41, 5.74) is 0.986. The van der Waals surface area contributed by atoms with Crippen molar-refractivity contribution in [3.8, 4) is 0 Å². The fourth-order valence-electron chi connectivity index (χ4n) is 2.57. The second-order valence-corrected chi connectivity index (χ2v) is 9.93. The third-order valence-corrected chi connectivity index (χ3v) is 6.91. The second kappa shape index (κ2) is 14.3. The van der Waals surface area contributed by atoms with Crippen molar-refractivity contribution in [3.05, 3.63) is 35.9 Å². The lowest BCUT2D eigenvalue weighted by Crippen LogP contribution is -2.53. The summed E-state index contributed by atoms with van der Waals surface area (Å²) in [6.45, 7) is 9.36. The molecule has 1 rings (SSSR count). The molecule has 28 heavy (non-hydrogen) atoms. The van der Waals surface area contributed by atoms with Crippen LogP contribution in [0.15, 0.2) is 30.3 Å². The third-order valence-electron chi connectivity index (χ3n) is 4.16. The molecule has 0 bridgehead atoms.